The zero-order chi connectivity index (χ0) is 20.9. The molecule has 156 valence electrons. The molecule has 0 radical (unpaired) electrons. The highest BCUT2D eigenvalue weighted by Crippen LogP contribution is 2.34. The monoisotopic (exact) mass is 404 g/mol. The van der Waals surface area contributed by atoms with Gasteiger partial charge in [0.2, 0.25) is 0 Å². The molecule has 30 heavy (non-hydrogen) atoms. The summed E-state index contributed by atoms with van der Waals surface area (Å²) < 4.78 is 5.36. The van der Waals surface area contributed by atoms with Crippen LogP contribution in [0, 0.1) is 13.8 Å². The molecular formula is C24H28N4O2. The first-order valence-corrected chi connectivity index (χ1v) is 10.4. The fourth-order valence-corrected chi connectivity index (χ4v) is 4.03. The van der Waals surface area contributed by atoms with Crippen LogP contribution in [0.5, 0.6) is 0 Å². The van der Waals surface area contributed by atoms with Crippen LogP contribution in [0.15, 0.2) is 55.0 Å². The fourth-order valence-electron chi connectivity index (χ4n) is 4.03. The summed E-state index contributed by atoms with van der Waals surface area (Å²) in [6.07, 6.45) is 5.27. The minimum Gasteiger partial charge on any atom is -0.381 e. The van der Waals surface area contributed by atoms with Crippen LogP contribution in [0.25, 0.3) is 0 Å². The molecule has 1 atom stereocenters. The van der Waals surface area contributed by atoms with Gasteiger partial charge in [-0.05, 0) is 61.1 Å². The largest absolute Gasteiger partial charge is 0.381 e. The fraction of sp³-hybridized carbons (Fsp3) is 0.333. The van der Waals surface area contributed by atoms with E-state index < -0.39 is 0 Å². The molecule has 6 nitrogen and oxygen atoms in total. The number of carbonyl (C=O) groups is 1. The van der Waals surface area contributed by atoms with Crippen LogP contribution < -0.4 is 10.6 Å². The summed E-state index contributed by atoms with van der Waals surface area (Å²) in [5, 5.41) is 6.04. The first-order chi connectivity index (χ1) is 14.6. The number of aromatic nitrogens is 2. The molecule has 0 spiro atoms. The molecule has 0 aliphatic carbocycles. The number of rotatable bonds is 5. The molecule has 1 aliphatic rings. The van der Waals surface area contributed by atoms with Crippen molar-refractivity contribution < 1.29 is 9.53 Å². The lowest BCUT2D eigenvalue weighted by Gasteiger charge is -2.23. The number of nitrogens with one attached hydrogen (secondary N) is 3. The van der Waals surface area contributed by atoms with Gasteiger partial charge in [-0.15, -0.1) is 0 Å². The molecule has 2 aromatic carbocycles. The van der Waals surface area contributed by atoms with Gasteiger partial charge in [0.1, 0.15) is 0 Å². The molecular weight excluding hydrogens is 376 g/mol. The molecule has 1 aromatic heterocycles. The number of H-pyrrole nitrogens is 1. The van der Waals surface area contributed by atoms with E-state index in [0.717, 1.165) is 29.8 Å². The van der Waals surface area contributed by atoms with E-state index in [2.05, 4.69) is 58.7 Å². The third kappa shape index (κ3) is 4.54. The van der Waals surface area contributed by atoms with Gasteiger partial charge in [0.25, 0.3) is 0 Å². The second-order valence-corrected chi connectivity index (χ2v) is 7.84. The molecule has 1 unspecified atom stereocenters. The van der Waals surface area contributed by atoms with E-state index >= 15 is 0 Å². The predicted octanol–water partition coefficient (Wildman–Crippen LogP) is 4.51. The number of benzene rings is 2. The zero-order valence-corrected chi connectivity index (χ0v) is 17.4. The van der Waals surface area contributed by atoms with Crippen molar-refractivity contribution in [2.75, 3.05) is 18.5 Å². The van der Waals surface area contributed by atoms with Crippen LogP contribution in [-0.2, 0) is 4.74 Å². The number of ether oxygens (including phenoxy) is 1. The van der Waals surface area contributed by atoms with Crippen molar-refractivity contribution in [1.29, 1.82) is 0 Å². The average molecular weight is 405 g/mol. The number of aryl methyl sites for hydroxylation is 1. The van der Waals surface area contributed by atoms with Crippen molar-refractivity contribution in [2.24, 2.45) is 0 Å². The number of anilines is 1. The predicted molar refractivity (Wildman–Crippen MR) is 118 cm³/mol. The van der Waals surface area contributed by atoms with E-state index in [-0.39, 0.29) is 18.0 Å². The summed E-state index contributed by atoms with van der Waals surface area (Å²) in [5.41, 5.74) is 6.62. The third-order valence-electron chi connectivity index (χ3n) is 5.82. The van der Waals surface area contributed by atoms with Crippen LogP contribution in [-0.4, -0.2) is 35.3 Å². The van der Waals surface area contributed by atoms with E-state index in [9.17, 15) is 4.79 Å². The normalized spacial score (nSPS) is 15.5. The first kappa shape index (κ1) is 20.2. The molecule has 4 rings (SSSR count). The molecule has 3 N–H and O–H groups in total. The summed E-state index contributed by atoms with van der Waals surface area (Å²) >= 11 is 0. The SMILES string of the molecule is Cc1cccc(C(c2cccc(NC(=O)NC3CCOCC3)c2)c2cnc[nH]2)c1C. The van der Waals surface area contributed by atoms with Crippen molar-refractivity contribution in [3.63, 3.8) is 0 Å². The van der Waals surface area contributed by atoms with Crippen LogP contribution in [0.3, 0.4) is 0 Å². The van der Waals surface area contributed by atoms with Crippen molar-refractivity contribution >= 4 is 11.7 Å². The van der Waals surface area contributed by atoms with Crippen LogP contribution in [0.2, 0.25) is 0 Å². The number of hydrogen-bond acceptors (Lipinski definition) is 3. The van der Waals surface area contributed by atoms with E-state index in [1.54, 1.807) is 6.33 Å². The van der Waals surface area contributed by atoms with Gasteiger partial charge in [0, 0.05) is 36.8 Å². The van der Waals surface area contributed by atoms with Gasteiger partial charge in [-0.2, -0.15) is 0 Å². The Labute approximate surface area is 177 Å². The second kappa shape index (κ2) is 9.13. The number of amides is 2. The number of carbonyl (C=O) groups excluding carboxylic acids is 1. The minimum absolute atomic E-state index is 0.00713. The summed E-state index contributed by atoms with van der Waals surface area (Å²) in [7, 11) is 0. The third-order valence-corrected chi connectivity index (χ3v) is 5.82. The Morgan fingerprint density at radius 2 is 1.97 bits per heavy atom. The van der Waals surface area contributed by atoms with Crippen LogP contribution >= 0.6 is 0 Å². The Bertz CT molecular complexity index is 994. The summed E-state index contributed by atoms with van der Waals surface area (Å²) in [6.45, 7) is 5.67. The average Bonchev–Trinajstić information content (AvgIpc) is 3.27. The number of imidazole rings is 1. The first-order valence-electron chi connectivity index (χ1n) is 10.4. The maximum Gasteiger partial charge on any atom is 0.319 e. The quantitative estimate of drug-likeness (QED) is 0.585. The standard InChI is InChI=1S/C24H28N4O2/c1-16-5-3-8-21(17(16)2)23(22-14-25-15-26-22)18-6-4-7-20(13-18)28-24(29)27-19-9-11-30-12-10-19/h3-8,13-15,19,23H,9-12H2,1-2H3,(H,25,26)(H2,27,28,29). The Balaban J connectivity index is 1.59. The van der Waals surface area contributed by atoms with Gasteiger partial charge in [0.15, 0.2) is 0 Å². The number of hydrogen-bond donors (Lipinski definition) is 3. The van der Waals surface area contributed by atoms with Gasteiger partial charge < -0.3 is 20.4 Å². The molecule has 1 saturated heterocycles. The Hall–Kier alpha value is -3.12. The molecule has 6 heteroatoms. The van der Waals surface area contributed by atoms with Crippen LogP contribution in [0.1, 0.15) is 46.7 Å². The lowest BCUT2D eigenvalue weighted by atomic mass is 9.85. The Kier molecular flexibility index (Phi) is 6.14. The highest BCUT2D eigenvalue weighted by Gasteiger charge is 2.21. The Morgan fingerprint density at radius 3 is 2.73 bits per heavy atom. The molecule has 0 bridgehead atoms. The topological polar surface area (TPSA) is 79.0 Å². The molecule has 2 amide bonds. The van der Waals surface area contributed by atoms with Crippen molar-refractivity contribution in [3.05, 3.63) is 82.9 Å². The highest BCUT2D eigenvalue weighted by molar-refractivity contribution is 5.89. The van der Waals surface area contributed by atoms with Crippen molar-refractivity contribution in [1.82, 2.24) is 15.3 Å². The molecule has 1 aliphatic heterocycles. The number of nitrogens with zero attached hydrogens (tertiary/aromatic N) is 1. The van der Waals surface area contributed by atoms with E-state index in [4.69, 9.17) is 4.74 Å². The van der Waals surface area contributed by atoms with E-state index in [0.29, 0.717) is 13.2 Å². The van der Waals surface area contributed by atoms with Crippen molar-refractivity contribution in [2.45, 2.75) is 38.6 Å². The number of aromatic amines is 1. The molecule has 1 fully saturated rings. The van der Waals surface area contributed by atoms with Gasteiger partial charge in [0.05, 0.1) is 12.2 Å². The van der Waals surface area contributed by atoms with Gasteiger partial charge in [-0.3, -0.25) is 0 Å². The molecule has 2 heterocycles. The summed E-state index contributed by atoms with van der Waals surface area (Å²) in [5.74, 6) is 0.00713. The maximum atomic E-state index is 12.5. The maximum absolute atomic E-state index is 12.5. The van der Waals surface area contributed by atoms with E-state index in [1.165, 1.54) is 16.7 Å². The zero-order valence-electron chi connectivity index (χ0n) is 17.4. The second-order valence-electron chi connectivity index (χ2n) is 7.84. The Morgan fingerprint density at radius 1 is 1.17 bits per heavy atom. The smallest absolute Gasteiger partial charge is 0.319 e. The highest BCUT2D eigenvalue weighted by atomic mass is 16.5. The minimum atomic E-state index is -0.177. The van der Waals surface area contributed by atoms with Gasteiger partial charge in [-0.25, -0.2) is 9.78 Å². The van der Waals surface area contributed by atoms with Gasteiger partial charge in [-0.1, -0.05) is 30.3 Å². The van der Waals surface area contributed by atoms with E-state index in [1.807, 2.05) is 24.4 Å². The van der Waals surface area contributed by atoms with Gasteiger partial charge >= 0.3 is 6.03 Å². The summed E-state index contributed by atoms with van der Waals surface area (Å²) in [6, 6.07) is 14.4. The number of urea groups is 1. The van der Waals surface area contributed by atoms with Crippen LogP contribution in [0.4, 0.5) is 10.5 Å². The lowest BCUT2D eigenvalue weighted by molar-refractivity contribution is 0.0806. The molecule has 0 saturated carbocycles. The van der Waals surface area contributed by atoms with Crippen molar-refractivity contribution in [3.8, 4) is 0 Å². The molecule has 3 aromatic rings. The lowest BCUT2D eigenvalue weighted by Crippen LogP contribution is -2.41. The summed E-state index contributed by atoms with van der Waals surface area (Å²) in [4.78, 5) is 20.0.